The zero-order valence-electron chi connectivity index (χ0n) is 12.8. The third-order valence-corrected chi connectivity index (χ3v) is 5.13. The Bertz CT molecular complexity index is 581. The highest BCUT2D eigenvalue weighted by Gasteiger charge is 2.26. The molecule has 0 amide bonds. The van der Waals surface area contributed by atoms with Gasteiger partial charge < -0.3 is 14.4 Å². The Morgan fingerprint density at radius 2 is 1.86 bits per heavy atom. The third-order valence-electron chi connectivity index (χ3n) is 3.82. The Morgan fingerprint density at radius 1 is 1.19 bits per heavy atom. The van der Waals surface area contributed by atoms with E-state index >= 15 is 0 Å². The summed E-state index contributed by atoms with van der Waals surface area (Å²) in [7, 11) is 0.191. The molecule has 1 fully saturated rings. The van der Waals surface area contributed by atoms with Crippen LogP contribution in [0.3, 0.4) is 0 Å². The lowest BCUT2D eigenvalue weighted by Gasteiger charge is -2.31. The molecule has 1 aliphatic rings. The number of hydrogen-bond acceptors (Lipinski definition) is 4. The molecule has 0 unspecified atom stereocenters. The van der Waals surface area contributed by atoms with Crippen LogP contribution in [0, 0.1) is 0 Å². The van der Waals surface area contributed by atoms with E-state index in [0.717, 1.165) is 36.7 Å². The standard InChI is InChI=1S/C14H22N2O4S/c1-19-13-6-4-5-12(14(13)20-2)11-15-7-9-16(10-8-15)21(3,17)18/h4-6H,7-11H2,1-3H3/p+1. The van der Waals surface area contributed by atoms with Crippen LogP contribution in [0.5, 0.6) is 11.5 Å². The molecule has 2 rings (SSSR count). The second-order valence-electron chi connectivity index (χ2n) is 5.24. The fourth-order valence-electron chi connectivity index (χ4n) is 2.67. The maximum absolute atomic E-state index is 11.5. The van der Waals surface area contributed by atoms with Crippen molar-refractivity contribution in [2.45, 2.75) is 6.54 Å². The first-order valence-corrected chi connectivity index (χ1v) is 8.79. The molecule has 1 aromatic rings. The molecule has 0 saturated carbocycles. The Kier molecular flexibility index (Phi) is 5.08. The number of nitrogens with one attached hydrogen (secondary N) is 1. The van der Waals surface area contributed by atoms with Gasteiger partial charge in [0.25, 0.3) is 0 Å². The number of benzene rings is 1. The van der Waals surface area contributed by atoms with Crippen molar-refractivity contribution >= 4 is 10.0 Å². The fourth-order valence-corrected chi connectivity index (χ4v) is 3.52. The van der Waals surface area contributed by atoms with Gasteiger partial charge in [0.1, 0.15) is 6.54 Å². The zero-order valence-corrected chi connectivity index (χ0v) is 13.6. The average Bonchev–Trinajstić information content (AvgIpc) is 2.46. The summed E-state index contributed by atoms with van der Waals surface area (Å²) in [6.45, 7) is 3.54. The minimum atomic E-state index is -3.07. The van der Waals surface area contributed by atoms with Crippen molar-refractivity contribution in [3.63, 3.8) is 0 Å². The van der Waals surface area contributed by atoms with Crippen LogP contribution >= 0.6 is 0 Å². The van der Waals surface area contributed by atoms with Crippen molar-refractivity contribution < 1.29 is 22.8 Å². The molecule has 7 heteroatoms. The van der Waals surface area contributed by atoms with Gasteiger partial charge in [-0.15, -0.1) is 0 Å². The van der Waals surface area contributed by atoms with E-state index in [2.05, 4.69) is 0 Å². The highest BCUT2D eigenvalue weighted by molar-refractivity contribution is 7.88. The smallest absolute Gasteiger partial charge is 0.211 e. The number of hydrogen-bond donors (Lipinski definition) is 1. The number of nitrogens with zero attached hydrogens (tertiary/aromatic N) is 1. The molecular weight excluding hydrogens is 292 g/mol. The Balaban J connectivity index is 2.04. The molecule has 1 N–H and O–H groups in total. The molecule has 1 aromatic carbocycles. The van der Waals surface area contributed by atoms with Crippen molar-refractivity contribution in [2.75, 3.05) is 46.7 Å². The first-order chi connectivity index (χ1) is 9.95. The summed E-state index contributed by atoms with van der Waals surface area (Å²) >= 11 is 0. The lowest BCUT2D eigenvalue weighted by atomic mass is 10.1. The molecule has 21 heavy (non-hydrogen) atoms. The van der Waals surface area contributed by atoms with Gasteiger partial charge in [0, 0.05) is 0 Å². The summed E-state index contributed by atoms with van der Waals surface area (Å²) in [4.78, 5) is 1.35. The van der Waals surface area contributed by atoms with Crippen LogP contribution < -0.4 is 14.4 Å². The minimum absolute atomic E-state index is 0.570. The maximum Gasteiger partial charge on any atom is 0.211 e. The summed E-state index contributed by atoms with van der Waals surface area (Å²) < 4.78 is 35.3. The van der Waals surface area contributed by atoms with E-state index in [1.54, 1.807) is 18.5 Å². The van der Waals surface area contributed by atoms with Crippen LogP contribution in [0.25, 0.3) is 0 Å². The van der Waals surface area contributed by atoms with Gasteiger partial charge in [-0.1, -0.05) is 6.07 Å². The van der Waals surface area contributed by atoms with E-state index in [0.29, 0.717) is 13.1 Å². The van der Waals surface area contributed by atoms with E-state index in [1.807, 2.05) is 18.2 Å². The summed E-state index contributed by atoms with van der Waals surface area (Å²) in [5, 5.41) is 0. The number of sulfonamides is 1. The van der Waals surface area contributed by atoms with Crippen LogP contribution in [-0.4, -0.2) is 59.4 Å². The number of quaternary nitrogens is 1. The summed E-state index contributed by atoms with van der Waals surface area (Å²) in [6.07, 6.45) is 1.27. The van der Waals surface area contributed by atoms with Crippen LogP contribution in [0.15, 0.2) is 18.2 Å². The van der Waals surface area contributed by atoms with Gasteiger partial charge in [-0.05, 0) is 12.1 Å². The Morgan fingerprint density at radius 3 is 2.38 bits per heavy atom. The van der Waals surface area contributed by atoms with Gasteiger partial charge in [0.2, 0.25) is 10.0 Å². The first-order valence-electron chi connectivity index (χ1n) is 6.94. The van der Waals surface area contributed by atoms with Crippen LogP contribution in [0.4, 0.5) is 0 Å². The van der Waals surface area contributed by atoms with Crippen LogP contribution in [-0.2, 0) is 16.6 Å². The van der Waals surface area contributed by atoms with E-state index in [9.17, 15) is 8.42 Å². The molecule has 1 saturated heterocycles. The first kappa shape index (κ1) is 16.1. The molecular formula is C14H23N2O4S+. The number of para-hydroxylation sites is 1. The predicted octanol–water partition coefficient (Wildman–Crippen LogP) is -0.636. The van der Waals surface area contributed by atoms with Crippen molar-refractivity contribution in [2.24, 2.45) is 0 Å². The van der Waals surface area contributed by atoms with Crippen LogP contribution in [0.2, 0.25) is 0 Å². The van der Waals surface area contributed by atoms with Gasteiger partial charge in [-0.3, -0.25) is 0 Å². The number of rotatable bonds is 5. The largest absolute Gasteiger partial charge is 0.493 e. The molecule has 0 bridgehead atoms. The van der Waals surface area contributed by atoms with E-state index in [4.69, 9.17) is 9.47 Å². The molecule has 0 radical (unpaired) electrons. The van der Waals surface area contributed by atoms with Crippen molar-refractivity contribution in [1.82, 2.24) is 4.31 Å². The van der Waals surface area contributed by atoms with E-state index in [-0.39, 0.29) is 0 Å². The molecule has 0 aliphatic carbocycles. The molecule has 118 valence electrons. The molecule has 0 spiro atoms. The lowest BCUT2D eigenvalue weighted by Crippen LogP contribution is -3.13. The fraction of sp³-hybridized carbons (Fsp3) is 0.571. The zero-order chi connectivity index (χ0) is 15.5. The normalized spacial score (nSPS) is 17.7. The topological polar surface area (TPSA) is 60.3 Å². The predicted molar refractivity (Wildman–Crippen MR) is 80.4 cm³/mol. The Hall–Kier alpha value is -1.31. The van der Waals surface area contributed by atoms with Crippen molar-refractivity contribution in [3.05, 3.63) is 23.8 Å². The highest BCUT2D eigenvalue weighted by Crippen LogP contribution is 2.30. The summed E-state index contributed by atoms with van der Waals surface area (Å²) in [5.41, 5.74) is 1.08. The van der Waals surface area contributed by atoms with Crippen molar-refractivity contribution in [1.29, 1.82) is 0 Å². The van der Waals surface area contributed by atoms with Gasteiger partial charge >= 0.3 is 0 Å². The summed E-state index contributed by atoms with van der Waals surface area (Å²) in [5.74, 6) is 1.49. The third kappa shape index (κ3) is 3.87. The monoisotopic (exact) mass is 315 g/mol. The Labute approximate surface area is 126 Å². The SMILES string of the molecule is COc1cccc(C[NH+]2CCN(S(C)(=O)=O)CC2)c1OC. The molecule has 6 nitrogen and oxygen atoms in total. The number of piperazine rings is 1. The molecule has 1 heterocycles. The highest BCUT2D eigenvalue weighted by atomic mass is 32.2. The summed E-state index contributed by atoms with van der Waals surface area (Å²) in [6, 6.07) is 5.85. The van der Waals surface area contributed by atoms with Crippen LogP contribution in [0.1, 0.15) is 5.56 Å². The second kappa shape index (κ2) is 6.64. The average molecular weight is 315 g/mol. The molecule has 0 aromatic heterocycles. The van der Waals surface area contributed by atoms with Crippen molar-refractivity contribution in [3.8, 4) is 11.5 Å². The number of ether oxygens (including phenoxy) is 2. The van der Waals surface area contributed by atoms with E-state index in [1.165, 1.54) is 11.2 Å². The second-order valence-corrected chi connectivity index (χ2v) is 7.22. The van der Waals surface area contributed by atoms with Gasteiger partial charge in [0.05, 0.1) is 52.2 Å². The van der Waals surface area contributed by atoms with E-state index < -0.39 is 10.0 Å². The lowest BCUT2D eigenvalue weighted by molar-refractivity contribution is -0.917. The minimum Gasteiger partial charge on any atom is -0.493 e. The van der Waals surface area contributed by atoms with Gasteiger partial charge in [-0.25, -0.2) is 8.42 Å². The molecule has 0 atom stereocenters. The number of methoxy groups -OCH3 is 2. The molecule has 1 aliphatic heterocycles. The quantitative estimate of drug-likeness (QED) is 0.785. The maximum atomic E-state index is 11.5. The van der Waals surface area contributed by atoms with Gasteiger partial charge in [0.15, 0.2) is 11.5 Å². The van der Waals surface area contributed by atoms with Gasteiger partial charge in [-0.2, -0.15) is 4.31 Å².